The van der Waals surface area contributed by atoms with E-state index in [0.29, 0.717) is 27.4 Å². The predicted molar refractivity (Wildman–Crippen MR) is 113 cm³/mol. The van der Waals surface area contributed by atoms with Crippen LogP contribution in [0.3, 0.4) is 0 Å². The Bertz CT molecular complexity index is 1140. The molecule has 3 rings (SSSR count). The molecule has 156 valence electrons. The molecule has 1 atom stereocenters. The highest BCUT2D eigenvalue weighted by Gasteiger charge is 2.19. The first-order chi connectivity index (χ1) is 14.4. The molecule has 3 aromatic rings. The van der Waals surface area contributed by atoms with E-state index in [0.717, 1.165) is 0 Å². The predicted octanol–water partition coefficient (Wildman–Crippen LogP) is 3.02. The van der Waals surface area contributed by atoms with Crippen molar-refractivity contribution in [3.8, 4) is 5.75 Å². The number of nitrogens with zero attached hydrogens (tertiary/aromatic N) is 2. The molecular formula is C21H20ClN3O5. The number of rotatable bonds is 7. The van der Waals surface area contributed by atoms with Gasteiger partial charge in [-0.1, -0.05) is 23.7 Å². The van der Waals surface area contributed by atoms with Gasteiger partial charge in [0, 0.05) is 11.6 Å². The van der Waals surface area contributed by atoms with Crippen LogP contribution in [0.5, 0.6) is 5.75 Å². The lowest BCUT2D eigenvalue weighted by Gasteiger charge is -2.15. The van der Waals surface area contributed by atoms with Crippen molar-refractivity contribution in [1.29, 1.82) is 0 Å². The summed E-state index contributed by atoms with van der Waals surface area (Å²) < 4.78 is 11.7. The molecule has 0 radical (unpaired) electrons. The summed E-state index contributed by atoms with van der Waals surface area (Å²) in [6.45, 7) is 1.54. The van der Waals surface area contributed by atoms with Crippen LogP contribution in [0.15, 0.2) is 53.6 Å². The Labute approximate surface area is 177 Å². The molecule has 30 heavy (non-hydrogen) atoms. The largest absolute Gasteiger partial charge is 0.495 e. The number of nitrogens with one attached hydrogen (secondary N) is 1. The number of esters is 1. The van der Waals surface area contributed by atoms with E-state index in [2.05, 4.69) is 10.3 Å². The average Bonchev–Trinajstić information content (AvgIpc) is 2.73. The lowest BCUT2D eigenvalue weighted by molar-refractivity contribution is -0.153. The van der Waals surface area contributed by atoms with Crippen molar-refractivity contribution >= 4 is 40.1 Å². The molecule has 9 heteroatoms. The number of benzene rings is 2. The minimum Gasteiger partial charge on any atom is -0.495 e. The number of carbonyl (C=O) groups excluding carboxylic acids is 2. The number of amides is 1. The van der Waals surface area contributed by atoms with Crippen LogP contribution in [0.25, 0.3) is 10.9 Å². The van der Waals surface area contributed by atoms with Crippen molar-refractivity contribution in [2.45, 2.75) is 26.0 Å². The molecule has 0 aliphatic rings. The van der Waals surface area contributed by atoms with Crippen LogP contribution < -0.4 is 15.6 Å². The molecule has 1 unspecified atom stereocenters. The highest BCUT2D eigenvalue weighted by Crippen LogP contribution is 2.27. The zero-order valence-corrected chi connectivity index (χ0v) is 17.2. The van der Waals surface area contributed by atoms with Gasteiger partial charge in [0.25, 0.3) is 11.5 Å². The highest BCUT2D eigenvalue weighted by molar-refractivity contribution is 6.31. The molecule has 1 N–H and O–H groups in total. The van der Waals surface area contributed by atoms with Crippen LogP contribution in [0.2, 0.25) is 5.02 Å². The minimum atomic E-state index is -1.05. The van der Waals surface area contributed by atoms with Crippen LogP contribution in [0, 0.1) is 0 Å². The summed E-state index contributed by atoms with van der Waals surface area (Å²) in [6.07, 6.45) is 0.255. The first kappa shape index (κ1) is 21.3. The van der Waals surface area contributed by atoms with Gasteiger partial charge in [0.05, 0.1) is 36.4 Å². The smallest absolute Gasteiger partial charge is 0.308 e. The SMILES string of the molecule is COc1ccc(Cl)cc1NC(=O)C(C)OC(=O)CCn1cnc2ccccc2c1=O. The van der Waals surface area contributed by atoms with Gasteiger partial charge in [0.1, 0.15) is 5.75 Å². The zero-order chi connectivity index (χ0) is 21.7. The summed E-state index contributed by atoms with van der Waals surface area (Å²) in [5, 5.41) is 3.51. The first-order valence-electron chi connectivity index (χ1n) is 9.17. The number of methoxy groups -OCH3 is 1. The van der Waals surface area contributed by atoms with Crippen LogP contribution >= 0.6 is 11.6 Å². The Morgan fingerprint density at radius 2 is 2.00 bits per heavy atom. The van der Waals surface area contributed by atoms with Gasteiger partial charge in [-0.25, -0.2) is 4.98 Å². The maximum atomic E-state index is 12.4. The van der Waals surface area contributed by atoms with Crippen molar-refractivity contribution in [3.05, 3.63) is 64.2 Å². The van der Waals surface area contributed by atoms with E-state index >= 15 is 0 Å². The topological polar surface area (TPSA) is 99.5 Å². The van der Waals surface area contributed by atoms with Gasteiger partial charge in [0.15, 0.2) is 6.10 Å². The number of para-hydroxylation sites is 1. The van der Waals surface area contributed by atoms with Crippen LogP contribution in [0.4, 0.5) is 5.69 Å². The minimum absolute atomic E-state index is 0.0853. The Morgan fingerprint density at radius 1 is 1.23 bits per heavy atom. The van der Waals surface area contributed by atoms with E-state index in [4.69, 9.17) is 21.1 Å². The third kappa shape index (κ3) is 4.96. The molecule has 0 saturated heterocycles. The molecule has 0 saturated carbocycles. The number of hydrogen-bond donors (Lipinski definition) is 1. The van der Waals surface area contributed by atoms with E-state index in [9.17, 15) is 14.4 Å². The molecule has 1 heterocycles. The quantitative estimate of drug-likeness (QED) is 0.579. The maximum Gasteiger partial charge on any atom is 0.308 e. The van der Waals surface area contributed by atoms with Gasteiger partial charge in [-0.3, -0.25) is 19.0 Å². The molecule has 0 bridgehead atoms. The Hall–Kier alpha value is -3.39. The van der Waals surface area contributed by atoms with Crippen LogP contribution in [0.1, 0.15) is 13.3 Å². The summed E-state index contributed by atoms with van der Waals surface area (Å²) >= 11 is 5.94. The lowest BCUT2D eigenvalue weighted by Crippen LogP contribution is -2.31. The van der Waals surface area contributed by atoms with Gasteiger partial charge in [-0.2, -0.15) is 0 Å². The summed E-state index contributed by atoms with van der Waals surface area (Å²) in [6, 6.07) is 11.7. The molecule has 0 aliphatic carbocycles. The average molecular weight is 430 g/mol. The van der Waals surface area contributed by atoms with E-state index in [1.807, 2.05) is 0 Å². The second-order valence-corrected chi connectivity index (χ2v) is 6.91. The second-order valence-electron chi connectivity index (χ2n) is 6.48. The standard InChI is InChI=1S/C21H20ClN3O5/c1-13(20(27)24-17-11-14(22)7-8-18(17)29-2)30-19(26)9-10-25-12-23-16-6-4-3-5-15(16)21(25)28/h3-8,11-13H,9-10H2,1-2H3,(H,24,27). The number of aromatic nitrogens is 2. The van der Waals surface area contributed by atoms with Gasteiger partial charge >= 0.3 is 5.97 Å². The summed E-state index contributed by atoms with van der Waals surface area (Å²) in [4.78, 5) is 41.2. The van der Waals surface area contributed by atoms with E-state index < -0.39 is 18.0 Å². The van der Waals surface area contributed by atoms with Gasteiger partial charge in [0.2, 0.25) is 0 Å². The number of halogens is 1. The summed E-state index contributed by atoms with van der Waals surface area (Å²) in [5.74, 6) is -0.723. The van der Waals surface area contributed by atoms with Crippen LogP contribution in [-0.4, -0.2) is 34.6 Å². The van der Waals surface area contributed by atoms with Crippen molar-refractivity contribution in [3.63, 3.8) is 0 Å². The number of hydrogen-bond acceptors (Lipinski definition) is 6. The normalized spacial score (nSPS) is 11.7. The molecule has 0 fully saturated rings. The van der Waals surface area contributed by atoms with Gasteiger partial charge in [-0.05, 0) is 37.3 Å². The maximum absolute atomic E-state index is 12.4. The summed E-state index contributed by atoms with van der Waals surface area (Å²) in [5.41, 5.74) is 0.710. The molecule has 1 amide bonds. The number of anilines is 1. The number of aryl methyl sites for hydroxylation is 1. The molecule has 0 spiro atoms. The molecule has 8 nitrogen and oxygen atoms in total. The van der Waals surface area contributed by atoms with Crippen molar-refractivity contribution in [1.82, 2.24) is 9.55 Å². The van der Waals surface area contributed by atoms with Crippen molar-refractivity contribution in [2.75, 3.05) is 12.4 Å². The Kier molecular flexibility index (Phi) is 6.68. The second kappa shape index (κ2) is 9.41. The fourth-order valence-corrected chi connectivity index (χ4v) is 2.97. The van der Waals surface area contributed by atoms with Crippen molar-refractivity contribution < 1.29 is 19.1 Å². The third-order valence-corrected chi connectivity index (χ3v) is 4.62. The lowest BCUT2D eigenvalue weighted by atomic mass is 10.2. The molecule has 0 aliphatic heterocycles. The number of fused-ring (bicyclic) bond motifs is 1. The molecular weight excluding hydrogens is 410 g/mol. The Morgan fingerprint density at radius 3 is 2.77 bits per heavy atom. The first-order valence-corrected chi connectivity index (χ1v) is 9.55. The number of carbonyl (C=O) groups is 2. The summed E-state index contributed by atoms with van der Waals surface area (Å²) in [7, 11) is 1.46. The highest BCUT2D eigenvalue weighted by atomic mass is 35.5. The van der Waals surface area contributed by atoms with E-state index in [1.165, 1.54) is 31.0 Å². The zero-order valence-electron chi connectivity index (χ0n) is 16.4. The molecule has 2 aromatic carbocycles. The molecule has 1 aromatic heterocycles. The number of ether oxygens (including phenoxy) is 2. The van der Waals surface area contributed by atoms with E-state index in [-0.39, 0.29) is 18.5 Å². The van der Waals surface area contributed by atoms with Gasteiger partial charge < -0.3 is 14.8 Å². The van der Waals surface area contributed by atoms with Crippen LogP contribution in [-0.2, 0) is 20.9 Å². The Balaban J connectivity index is 1.58. The fourth-order valence-electron chi connectivity index (χ4n) is 2.80. The van der Waals surface area contributed by atoms with E-state index in [1.54, 1.807) is 36.4 Å². The van der Waals surface area contributed by atoms with Gasteiger partial charge in [-0.15, -0.1) is 0 Å². The third-order valence-electron chi connectivity index (χ3n) is 4.39. The van der Waals surface area contributed by atoms with Crippen molar-refractivity contribution in [2.24, 2.45) is 0 Å². The monoisotopic (exact) mass is 429 g/mol. The fraction of sp³-hybridized carbons (Fsp3) is 0.238.